The molecule has 0 aliphatic carbocycles. The second-order valence-electron chi connectivity index (χ2n) is 4.12. The number of carbonyl (C=O) groups is 1. The van der Waals surface area contributed by atoms with Gasteiger partial charge in [0.05, 0.1) is 4.92 Å². The van der Waals surface area contributed by atoms with Gasteiger partial charge in [-0.15, -0.1) is 0 Å². The van der Waals surface area contributed by atoms with Gasteiger partial charge in [-0.3, -0.25) is 14.9 Å². The van der Waals surface area contributed by atoms with E-state index in [9.17, 15) is 14.9 Å². The summed E-state index contributed by atoms with van der Waals surface area (Å²) in [4.78, 5) is 22.0. The Labute approximate surface area is 123 Å². The summed E-state index contributed by atoms with van der Waals surface area (Å²) in [6.45, 7) is 0.323. The molecule has 0 saturated heterocycles. The van der Waals surface area contributed by atoms with Gasteiger partial charge in [-0.1, -0.05) is 34.1 Å². The predicted octanol–water partition coefficient (Wildman–Crippen LogP) is 3.29. The van der Waals surface area contributed by atoms with Crippen LogP contribution < -0.4 is 5.32 Å². The summed E-state index contributed by atoms with van der Waals surface area (Å²) in [7, 11) is 0. The Morgan fingerprint density at radius 2 is 1.90 bits per heavy atom. The number of nitro groups is 1. The molecule has 0 unspecified atom stereocenters. The second-order valence-corrected chi connectivity index (χ2v) is 5.03. The van der Waals surface area contributed by atoms with Crippen LogP contribution in [0.5, 0.6) is 0 Å². The summed E-state index contributed by atoms with van der Waals surface area (Å²) in [5.41, 5.74) is 1.40. The molecule has 0 aromatic heterocycles. The Morgan fingerprint density at radius 3 is 2.50 bits per heavy atom. The molecule has 5 nitrogen and oxygen atoms in total. The molecule has 0 spiro atoms. The molecule has 0 radical (unpaired) electrons. The molecule has 2 rings (SSSR count). The van der Waals surface area contributed by atoms with E-state index < -0.39 is 4.92 Å². The van der Waals surface area contributed by atoms with Crippen LogP contribution in [0.4, 0.5) is 5.69 Å². The standard InChI is InChI=1S/C14H11BrN2O3/c15-12-3-1-2-11(8-12)14(18)16-9-10-4-6-13(7-5-10)17(19)20/h1-8H,9H2,(H,16,18). The molecule has 0 aliphatic rings. The van der Waals surface area contributed by atoms with Gasteiger partial charge in [0, 0.05) is 28.7 Å². The van der Waals surface area contributed by atoms with Crippen molar-refractivity contribution in [3.63, 3.8) is 0 Å². The monoisotopic (exact) mass is 334 g/mol. The minimum atomic E-state index is -0.455. The topological polar surface area (TPSA) is 72.2 Å². The van der Waals surface area contributed by atoms with Gasteiger partial charge in [-0.05, 0) is 23.8 Å². The first kappa shape index (κ1) is 14.2. The van der Waals surface area contributed by atoms with Gasteiger partial charge in [0.1, 0.15) is 0 Å². The van der Waals surface area contributed by atoms with Gasteiger partial charge in [0.15, 0.2) is 0 Å². The van der Waals surface area contributed by atoms with Crippen molar-refractivity contribution >= 4 is 27.5 Å². The van der Waals surface area contributed by atoms with Gasteiger partial charge in [-0.25, -0.2) is 0 Å². The molecular formula is C14H11BrN2O3. The van der Waals surface area contributed by atoms with E-state index in [1.54, 1.807) is 30.3 Å². The Balaban J connectivity index is 1.98. The molecule has 2 aromatic carbocycles. The zero-order valence-corrected chi connectivity index (χ0v) is 12.0. The van der Waals surface area contributed by atoms with Crippen LogP contribution in [0.25, 0.3) is 0 Å². The minimum Gasteiger partial charge on any atom is -0.348 e. The number of amides is 1. The van der Waals surface area contributed by atoms with Crippen LogP contribution in [0.3, 0.4) is 0 Å². The van der Waals surface area contributed by atoms with E-state index in [0.717, 1.165) is 10.0 Å². The average Bonchev–Trinajstić information content (AvgIpc) is 2.45. The fourth-order valence-corrected chi connectivity index (χ4v) is 2.05. The SMILES string of the molecule is O=C(NCc1ccc([N+](=O)[O-])cc1)c1cccc(Br)c1. The summed E-state index contributed by atoms with van der Waals surface area (Å²) in [6, 6.07) is 13.2. The second kappa shape index (κ2) is 6.29. The van der Waals surface area contributed by atoms with Crippen LogP contribution in [0.2, 0.25) is 0 Å². The fraction of sp³-hybridized carbons (Fsp3) is 0.0714. The van der Waals surface area contributed by atoms with Gasteiger partial charge in [0.2, 0.25) is 0 Å². The molecular weight excluding hydrogens is 324 g/mol. The lowest BCUT2D eigenvalue weighted by atomic mass is 10.2. The normalized spacial score (nSPS) is 10.1. The summed E-state index contributed by atoms with van der Waals surface area (Å²) in [5.74, 6) is -0.190. The van der Waals surface area contributed by atoms with E-state index in [-0.39, 0.29) is 11.6 Å². The highest BCUT2D eigenvalue weighted by atomic mass is 79.9. The van der Waals surface area contributed by atoms with Crippen molar-refractivity contribution in [2.45, 2.75) is 6.54 Å². The van der Waals surface area contributed by atoms with Crippen molar-refractivity contribution in [1.82, 2.24) is 5.32 Å². The fourth-order valence-electron chi connectivity index (χ4n) is 1.65. The highest BCUT2D eigenvalue weighted by Gasteiger charge is 2.07. The maximum absolute atomic E-state index is 11.9. The van der Waals surface area contributed by atoms with Crippen LogP contribution in [0.15, 0.2) is 53.0 Å². The van der Waals surface area contributed by atoms with E-state index in [1.165, 1.54) is 12.1 Å². The Morgan fingerprint density at radius 1 is 1.20 bits per heavy atom. The van der Waals surface area contributed by atoms with E-state index >= 15 is 0 Å². The predicted molar refractivity (Wildman–Crippen MR) is 78.4 cm³/mol. The minimum absolute atomic E-state index is 0.0343. The number of hydrogen-bond acceptors (Lipinski definition) is 3. The van der Waals surface area contributed by atoms with Gasteiger partial charge < -0.3 is 5.32 Å². The Kier molecular flexibility index (Phi) is 4.47. The van der Waals surface area contributed by atoms with Crippen molar-refractivity contribution < 1.29 is 9.72 Å². The van der Waals surface area contributed by atoms with Gasteiger partial charge >= 0.3 is 0 Å². The van der Waals surface area contributed by atoms with Gasteiger partial charge in [0.25, 0.3) is 11.6 Å². The summed E-state index contributed by atoms with van der Waals surface area (Å²) < 4.78 is 0.834. The number of non-ortho nitro benzene ring substituents is 1. The molecule has 2 aromatic rings. The maximum Gasteiger partial charge on any atom is 0.269 e. The number of nitro benzene ring substituents is 1. The maximum atomic E-state index is 11.9. The first-order valence-electron chi connectivity index (χ1n) is 5.83. The molecule has 0 aliphatic heterocycles. The van der Waals surface area contributed by atoms with Crippen LogP contribution >= 0.6 is 15.9 Å². The summed E-state index contributed by atoms with van der Waals surface area (Å²) in [6.07, 6.45) is 0. The molecule has 1 N–H and O–H groups in total. The number of benzene rings is 2. The van der Waals surface area contributed by atoms with Gasteiger partial charge in [-0.2, -0.15) is 0 Å². The summed E-state index contributed by atoms with van der Waals surface area (Å²) >= 11 is 3.30. The third-order valence-electron chi connectivity index (χ3n) is 2.69. The number of halogens is 1. The first-order valence-corrected chi connectivity index (χ1v) is 6.62. The van der Waals surface area contributed by atoms with Crippen molar-refractivity contribution in [1.29, 1.82) is 0 Å². The molecule has 0 fully saturated rings. The Bertz CT molecular complexity index is 641. The quantitative estimate of drug-likeness (QED) is 0.688. The first-order chi connectivity index (χ1) is 9.56. The lowest BCUT2D eigenvalue weighted by Gasteiger charge is -2.05. The molecule has 0 atom stereocenters. The van der Waals surface area contributed by atoms with E-state index in [0.29, 0.717) is 12.1 Å². The van der Waals surface area contributed by atoms with E-state index in [1.807, 2.05) is 6.07 Å². The van der Waals surface area contributed by atoms with Crippen molar-refractivity contribution in [2.24, 2.45) is 0 Å². The molecule has 20 heavy (non-hydrogen) atoms. The smallest absolute Gasteiger partial charge is 0.269 e. The number of rotatable bonds is 4. The molecule has 6 heteroatoms. The number of nitrogens with one attached hydrogen (secondary N) is 1. The van der Waals surface area contributed by atoms with E-state index in [2.05, 4.69) is 21.2 Å². The van der Waals surface area contributed by atoms with E-state index in [4.69, 9.17) is 0 Å². The number of hydrogen-bond donors (Lipinski definition) is 1. The van der Waals surface area contributed by atoms with Crippen LogP contribution in [0.1, 0.15) is 15.9 Å². The van der Waals surface area contributed by atoms with Crippen LogP contribution in [-0.2, 0) is 6.54 Å². The lowest BCUT2D eigenvalue weighted by Crippen LogP contribution is -2.22. The molecule has 1 amide bonds. The lowest BCUT2D eigenvalue weighted by molar-refractivity contribution is -0.384. The zero-order valence-electron chi connectivity index (χ0n) is 10.4. The highest BCUT2D eigenvalue weighted by Crippen LogP contribution is 2.13. The van der Waals surface area contributed by atoms with Crippen LogP contribution in [0, 0.1) is 10.1 Å². The average molecular weight is 335 g/mol. The largest absolute Gasteiger partial charge is 0.348 e. The van der Waals surface area contributed by atoms with Crippen molar-refractivity contribution in [3.8, 4) is 0 Å². The third kappa shape index (κ3) is 3.64. The molecule has 102 valence electrons. The highest BCUT2D eigenvalue weighted by molar-refractivity contribution is 9.10. The number of nitrogens with zero attached hydrogens (tertiary/aromatic N) is 1. The van der Waals surface area contributed by atoms with Crippen molar-refractivity contribution in [3.05, 3.63) is 74.2 Å². The Hall–Kier alpha value is -2.21. The van der Waals surface area contributed by atoms with Crippen molar-refractivity contribution in [2.75, 3.05) is 0 Å². The molecule has 0 heterocycles. The van der Waals surface area contributed by atoms with Crippen LogP contribution in [-0.4, -0.2) is 10.8 Å². The third-order valence-corrected chi connectivity index (χ3v) is 3.18. The zero-order chi connectivity index (χ0) is 14.5. The molecule has 0 bridgehead atoms. The molecule has 0 saturated carbocycles. The summed E-state index contributed by atoms with van der Waals surface area (Å²) in [5, 5.41) is 13.3. The number of carbonyl (C=O) groups excluding carboxylic acids is 1.